The number of pyridine rings is 1. The van der Waals surface area contributed by atoms with Crippen molar-refractivity contribution in [2.24, 2.45) is 0 Å². The zero-order valence-electron chi connectivity index (χ0n) is 17.9. The van der Waals surface area contributed by atoms with Gasteiger partial charge >= 0.3 is 11.7 Å². The van der Waals surface area contributed by atoms with Crippen LogP contribution in [0.25, 0.3) is 0 Å². The van der Waals surface area contributed by atoms with Gasteiger partial charge in [-0.15, -0.1) is 0 Å². The molecule has 1 amide bonds. The Balaban J connectivity index is 1.51. The zero-order chi connectivity index (χ0) is 25.6. The quantitative estimate of drug-likeness (QED) is 0.394. The van der Waals surface area contributed by atoms with Gasteiger partial charge in [0.25, 0.3) is 5.91 Å². The minimum atomic E-state index is -4.42. The number of hydrogen-bond donors (Lipinski definition) is 4. The lowest BCUT2D eigenvalue weighted by Gasteiger charge is -2.25. The number of alkyl halides is 3. The van der Waals surface area contributed by atoms with Gasteiger partial charge in [0.15, 0.2) is 5.82 Å². The number of aromatic hydroxyl groups is 1. The van der Waals surface area contributed by atoms with Crippen LogP contribution in [0.2, 0.25) is 0 Å². The molecule has 13 heteroatoms. The van der Waals surface area contributed by atoms with Crippen LogP contribution in [0.4, 0.5) is 19.0 Å². The van der Waals surface area contributed by atoms with Gasteiger partial charge in [0.05, 0.1) is 23.2 Å². The monoisotopic (exact) mass is 483 g/mol. The van der Waals surface area contributed by atoms with Crippen molar-refractivity contribution < 1.29 is 28.2 Å². The average molecular weight is 483 g/mol. The van der Waals surface area contributed by atoms with Crippen molar-refractivity contribution in [1.29, 1.82) is 5.26 Å². The van der Waals surface area contributed by atoms with Crippen LogP contribution in [0, 0.1) is 11.3 Å². The highest BCUT2D eigenvalue weighted by Gasteiger charge is 2.64. The Morgan fingerprint density at radius 2 is 1.91 bits per heavy atom. The number of aliphatic hydroxyl groups is 1. The summed E-state index contributed by atoms with van der Waals surface area (Å²) in [6.45, 7) is -0.136. The highest BCUT2D eigenvalue weighted by molar-refractivity contribution is 6.29. The summed E-state index contributed by atoms with van der Waals surface area (Å²) < 4.78 is 40.9. The molecule has 1 unspecified atom stereocenters. The SMILES string of the molecule is [B]C(O)(C(=O)Nc1[nH]n(Cc2ccc(C#N)cn2)c(=O)c1O)c1ccc(C2(C(F)(F)F)CC2)cc1. The Morgan fingerprint density at radius 3 is 2.43 bits per heavy atom. The van der Waals surface area contributed by atoms with Crippen molar-refractivity contribution in [3.8, 4) is 11.8 Å². The molecule has 0 bridgehead atoms. The lowest BCUT2D eigenvalue weighted by molar-refractivity contribution is -0.160. The van der Waals surface area contributed by atoms with Gasteiger partial charge in [0, 0.05) is 6.20 Å². The number of benzene rings is 1. The van der Waals surface area contributed by atoms with Crippen LogP contribution in [0.5, 0.6) is 5.75 Å². The number of aromatic amines is 1. The summed E-state index contributed by atoms with van der Waals surface area (Å²) in [6.07, 6.45) is -3.23. The maximum atomic E-state index is 13.3. The van der Waals surface area contributed by atoms with Crippen molar-refractivity contribution in [2.75, 3.05) is 5.32 Å². The molecule has 178 valence electrons. The number of hydrogen-bond acceptors (Lipinski definition) is 6. The Kier molecular flexibility index (Phi) is 5.72. The molecule has 9 nitrogen and oxygen atoms in total. The van der Waals surface area contributed by atoms with Crippen molar-refractivity contribution in [2.45, 2.75) is 36.5 Å². The van der Waals surface area contributed by atoms with E-state index in [0.717, 1.165) is 28.9 Å². The highest BCUT2D eigenvalue weighted by atomic mass is 19.4. The van der Waals surface area contributed by atoms with Gasteiger partial charge in [-0.25, -0.2) is 4.68 Å². The van der Waals surface area contributed by atoms with Crippen LogP contribution < -0.4 is 10.9 Å². The molecule has 1 aliphatic rings. The van der Waals surface area contributed by atoms with E-state index in [1.54, 1.807) is 0 Å². The lowest BCUT2D eigenvalue weighted by Crippen LogP contribution is -2.41. The molecule has 3 aromatic rings. The standard InChI is InChI=1S/C22H17BF3N5O4/c23-21(35,14-4-2-13(3-5-14)20(7-8-20)22(24,25)26)19(34)29-17-16(32)18(33)31(30-17)11-15-6-1-12(9-27)10-28-15/h1-6,10,30,32,35H,7-8,11H2,(H,29,34). The summed E-state index contributed by atoms with van der Waals surface area (Å²) >= 11 is 0. The maximum Gasteiger partial charge on any atom is 0.398 e. The number of halogens is 3. The molecular formula is C22H17BF3N5O4. The molecule has 1 saturated carbocycles. The summed E-state index contributed by atoms with van der Waals surface area (Å²) in [5.74, 6) is -2.57. The number of carbonyl (C=O) groups is 1. The van der Waals surface area contributed by atoms with E-state index in [4.69, 9.17) is 13.1 Å². The molecule has 4 rings (SSSR count). The summed E-state index contributed by atoms with van der Waals surface area (Å²) in [6, 6.07) is 9.42. The van der Waals surface area contributed by atoms with Gasteiger partial charge in [0.1, 0.15) is 19.4 Å². The summed E-state index contributed by atoms with van der Waals surface area (Å²) in [4.78, 5) is 28.9. The molecule has 35 heavy (non-hydrogen) atoms. The molecule has 0 spiro atoms. The Morgan fingerprint density at radius 1 is 1.26 bits per heavy atom. The van der Waals surface area contributed by atoms with Crippen LogP contribution >= 0.6 is 0 Å². The number of carbonyl (C=O) groups excluding carboxylic acids is 1. The average Bonchev–Trinajstić information content (AvgIpc) is 3.61. The van der Waals surface area contributed by atoms with Gasteiger partial charge in [0.2, 0.25) is 5.75 Å². The van der Waals surface area contributed by atoms with Crippen LogP contribution in [-0.4, -0.2) is 44.9 Å². The van der Waals surface area contributed by atoms with E-state index in [9.17, 15) is 33.0 Å². The van der Waals surface area contributed by atoms with Crippen molar-refractivity contribution in [1.82, 2.24) is 14.8 Å². The molecule has 1 aliphatic carbocycles. The third-order valence-electron chi connectivity index (χ3n) is 5.96. The van der Waals surface area contributed by atoms with E-state index in [-0.39, 0.29) is 30.5 Å². The van der Waals surface area contributed by atoms with Crippen molar-refractivity contribution in [3.63, 3.8) is 0 Å². The third-order valence-corrected chi connectivity index (χ3v) is 5.96. The molecule has 0 saturated heterocycles. The first kappa shape index (κ1) is 24.1. The number of nitrogens with zero attached hydrogens (tertiary/aromatic N) is 3. The highest BCUT2D eigenvalue weighted by Crippen LogP contribution is 2.58. The van der Waals surface area contributed by atoms with E-state index in [0.29, 0.717) is 11.3 Å². The maximum absolute atomic E-state index is 13.3. The molecular weight excluding hydrogens is 466 g/mol. The number of nitrogens with one attached hydrogen (secondary N) is 2. The minimum Gasteiger partial charge on any atom is -0.500 e. The third kappa shape index (κ3) is 4.28. The second-order valence-corrected chi connectivity index (χ2v) is 8.25. The normalized spacial score (nSPS) is 16.2. The first-order valence-corrected chi connectivity index (χ1v) is 10.3. The summed E-state index contributed by atoms with van der Waals surface area (Å²) in [7, 11) is 5.74. The predicted molar refractivity (Wildman–Crippen MR) is 116 cm³/mol. The lowest BCUT2D eigenvalue weighted by atomic mass is 9.74. The Labute approximate surface area is 197 Å². The fraction of sp³-hybridized carbons (Fsp3) is 0.273. The van der Waals surface area contributed by atoms with E-state index in [2.05, 4.69) is 15.4 Å². The molecule has 2 heterocycles. The zero-order valence-corrected chi connectivity index (χ0v) is 17.9. The molecule has 2 aromatic heterocycles. The van der Waals surface area contributed by atoms with E-state index < -0.39 is 40.1 Å². The molecule has 1 aromatic carbocycles. The molecule has 1 fully saturated rings. The van der Waals surface area contributed by atoms with Gasteiger partial charge in [-0.2, -0.15) is 18.4 Å². The second-order valence-electron chi connectivity index (χ2n) is 8.25. The number of rotatable bonds is 6. The molecule has 0 aliphatic heterocycles. The minimum absolute atomic E-state index is 0.000390. The Hall–Kier alpha value is -4.05. The van der Waals surface area contributed by atoms with E-state index in [1.165, 1.54) is 18.3 Å². The largest absolute Gasteiger partial charge is 0.500 e. The fourth-order valence-electron chi connectivity index (χ4n) is 3.66. The van der Waals surface area contributed by atoms with Crippen molar-refractivity contribution in [3.05, 3.63) is 75.3 Å². The van der Waals surface area contributed by atoms with Gasteiger partial charge in [-0.05, 0) is 36.1 Å². The Bertz CT molecular complexity index is 1370. The molecule has 2 radical (unpaired) electrons. The topological polar surface area (TPSA) is 144 Å². The van der Waals surface area contributed by atoms with E-state index in [1.807, 2.05) is 6.07 Å². The second kappa shape index (κ2) is 8.32. The van der Waals surface area contributed by atoms with E-state index >= 15 is 0 Å². The van der Waals surface area contributed by atoms with Crippen LogP contribution in [0.1, 0.15) is 35.2 Å². The number of H-pyrrole nitrogens is 1. The fourth-order valence-corrected chi connectivity index (χ4v) is 3.66. The van der Waals surface area contributed by atoms with Crippen LogP contribution in [-0.2, 0) is 22.3 Å². The smallest absolute Gasteiger partial charge is 0.398 e. The molecule has 4 N–H and O–H groups in total. The first-order chi connectivity index (χ1) is 16.4. The van der Waals surface area contributed by atoms with Gasteiger partial charge < -0.3 is 15.5 Å². The molecule has 1 atom stereocenters. The number of nitriles is 1. The predicted octanol–water partition coefficient (Wildman–Crippen LogP) is 1.74. The summed E-state index contributed by atoms with van der Waals surface area (Å²) in [5.41, 5.74) is -5.04. The summed E-state index contributed by atoms with van der Waals surface area (Å²) in [5, 5.41) is 34.1. The van der Waals surface area contributed by atoms with Crippen molar-refractivity contribution >= 4 is 19.6 Å². The van der Waals surface area contributed by atoms with Gasteiger partial charge in [-0.1, -0.05) is 24.3 Å². The van der Waals surface area contributed by atoms with Crippen LogP contribution in [0.15, 0.2) is 47.4 Å². The number of amides is 1. The first-order valence-electron chi connectivity index (χ1n) is 10.3. The number of anilines is 1. The number of aromatic nitrogens is 3. The van der Waals surface area contributed by atoms with Gasteiger partial charge in [-0.3, -0.25) is 19.7 Å². The van der Waals surface area contributed by atoms with Crippen LogP contribution in [0.3, 0.4) is 0 Å².